The maximum absolute atomic E-state index is 13.0. The molecule has 0 amide bonds. The van der Waals surface area contributed by atoms with Gasteiger partial charge < -0.3 is 9.30 Å². The van der Waals surface area contributed by atoms with Crippen LogP contribution in [0.2, 0.25) is 0 Å². The molecular formula is C18H18FNO3. The second-order valence-corrected chi connectivity index (χ2v) is 5.26. The number of halogens is 1. The zero-order chi connectivity index (χ0) is 17.0. The number of ketones is 1. The highest BCUT2D eigenvalue weighted by Gasteiger charge is 2.15. The number of carbonyl (C=O) groups excluding carboxylic acids is 2. The van der Waals surface area contributed by atoms with E-state index in [0.717, 1.165) is 11.4 Å². The Hall–Kier alpha value is -2.69. The van der Waals surface area contributed by atoms with E-state index in [-0.39, 0.29) is 18.2 Å². The Morgan fingerprint density at radius 3 is 2.61 bits per heavy atom. The lowest BCUT2D eigenvalue weighted by Gasteiger charge is -2.03. The lowest BCUT2D eigenvalue weighted by atomic mass is 10.1. The fraction of sp³-hybridized carbons (Fsp3) is 0.222. The number of benzene rings is 1. The molecule has 0 radical (unpaired) electrons. The molecule has 120 valence electrons. The predicted molar refractivity (Wildman–Crippen MR) is 85.6 cm³/mol. The molecule has 0 N–H and O–H groups in total. The molecule has 0 saturated heterocycles. The standard InChI is InChI=1S/C18H18FNO3/c1-12-9-16(13(2)20(12)3)17(21)11-23-18(22)8-7-14-5-4-6-15(19)10-14/h4-10H,11H2,1-3H3. The van der Waals surface area contributed by atoms with Crippen LogP contribution in [0.3, 0.4) is 0 Å². The summed E-state index contributed by atoms with van der Waals surface area (Å²) in [5, 5.41) is 0. The van der Waals surface area contributed by atoms with Crippen LogP contribution in [0.4, 0.5) is 4.39 Å². The largest absolute Gasteiger partial charge is 0.454 e. The zero-order valence-corrected chi connectivity index (χ0v) is 13.3. The molecule has 1 heterocycles. The fourth-order valence-corrected chi connectivity index (χ4v) is 2.17. The van der Waals surface area contributed by atoms with Gasteiger partial charge in [0, 0.05) is 30.1 Å². The molecule has 23 heavy (non-hydrogen) atoms. The molecule has 0 bridgehead atoms. The topological polar surface area (TPSA) is 48.3 Å². The summed E-state index contributed by atoms with van der Waals surface area (Å²) in [7, 11) is 1.87. The Bertz CT molecular complexity index is 775. The van der Waals surface area contributed by atoms with Crippen molar-refractivity contribution in [3.05, 3.63) is 64.7 Å². The van der Waals surface area contributed by atoms with E-state index in [2.05, 4.69) is 0 Å². The summed E-state index contributed by atoms with van der Waals surface area (Å²) in [6.07, 6.45) is 2.61. The van der Waals surface area contributed by atoms with Gasteiger partial charge in [0.05, 0.1) is 0 Å². The second kappa shape index (κ2) is 7.05. The van der Waals surface area contributed by atoms with Crippen LogP contribution in [0.1, 0.15) is 27.3 Å². The summed E-state index contributed by atoms with van der Waals surface area (Å²) >= 11 is 0. The van der Waals surface area contributed by atoms with E-state index in [1.54, 1.807) is 18.2 Å². The number of Topliss-reactive ketones (excluding diaryl/α,β-unsaturated/α-hetero) is 1. The van der Waals surface area contributed by atoms with Crippen LogP contribution in [0.25, 0.3) is 6.08 Å². The molecule has 0 saturated carbocycles. The molecule has 5 heteroatoms. The van der Waals surface area contributed by atoms with Crippen molar-refractivity contribution in [1.82, 2.24) is 4.57 Å². The summed E-state index contributed by atoms with van der Waals surface area (Å²) < 4.78 is 19.8. The Morgan fingerprint density at radius 1 is 1.26 bits per heavy atom. The van der Waals surface area contributed by atoms with Crippen LogP contribution in [0.15, 0.2) is 36.4 Å². The molecule has 0 aliphatic heterocycles. The maximum Gasteiger partial charge on any atom is 0.331 e. The van der Waals surface area contributed by atoms with Gasteiger partial charge in [-0.1, -0.05) is 12.1 Å². The fourth-order valence-electron chi connectivity index (χ4n) is 2.17. The number of aryl methyl sites for hydroxylation is 1. The molecule has 4 nitrogen and oxygen atoms in total. The lowest BCUT2D eigenvalue weighted by Crippen LogP contribution is -2.13. The number of ether oxygens (including phenoxy) is 1. The van der Waals surface area contributed by atoms with E-state index in [4.69, 9.17) is 4.74 Å². The van der Waals surface area contributed by atoms with E-state index in [1.165, 1.54) is 24.3 Å². The molecule has 0 aliphatic carbocycles. The quantitative estimate of drug-likeness (QED) is 0.483. The third-order valence-corrected chi connectivity index (χ3v) is 3.68. The third-order valence-electron chi connectivity index (χ3n) is 3.68. The van der Waals surface area contributed by atoms with Gasteiger partial charge in [-0.3, -0.25) is 4.79 Å². The highest BCUT2D eigenvalue weighted by Crippen LogP contribution is 2.14. The average Bonchev–Trinajstić information content (AvgIpc) is 2.78. The Labute approximate surface area is 134 Å². The van der Waals surface area contributed by atoms with Crippen molar-refractivity contribution in [3.63, 3.8) is 0 Å². The first-order valence-corrected chi connectivity index (χ1v) is 7.15. The number of rotatable bonds is 5. The smallest absolute Gasteiger partial charge is 0.331 e. The molecule has 2 rings (SSSR count). The van der Waals surface area contributed by atoms with Gasteiger partial charge >= 0.3 is 5.97 Å². The average molecular weight is 315 g/mol. The van der Waals surface area contributed by atoms with Gasteiger partial charge in [0.2, 0.25) is 5.78 Å². The summed E-state index contributed by atoms with van der Waals surface area (Å²) in [4.78, 5) is 23.7. The van der Waals surface area contributed by atoms with Crippen LogP contribution < -0.4 is 0 Å². The van der Waals surface area contributed by atoms with Crippen LogP contribution in [-0.4, -0.2) is 22.9 Å². The maximum atomic E-state index is 13.0. The number of esters is 1. The van der Waals surface area contributed by atoms with Crippen molar-refractivity contribution >= 4 is 17.8 Å². The molecular weight excluding hydrogens is 297 g/mol. The first-order chi connectivity index (χ1) is 10.9. The highest BCUT2D eigenvalue weighted by molar-refractivity contribution is 6.00. The number of aromatic nitrogens is 1. The van der Waals surface area contributed by atoms with Gasteiger partial charge in [0.25, 0.3) is 0 Å². The Kier molecular flexibility index (Phi) is 5.11. The van der Waals surface area contributed by atoms with E-state index in [0.29, 0.717) is 11.1 Å². The molecule has 0 atom stereocenters. The Balaban J connectivity index is 1.93. The molecule has 0 spiro atoms. The van der Waals surface area contributed by atoms with Crippen molar-refractivity contribution in [3.8, 4) is 0 Å². The molecule has 1 aromatic carbocycles. The number of nitrogens with zero attached hydrogens (tertiary/aromatic N) is 1. The minimum absolute atomic E-state index is 0.251. The van der Waals surface area contributed by atoms with Crippen LogP contribution in [-0.2, 0) is 16.6 Å². The van der Waals surface area contributed by atoms with Crippen LogP contribution >= 0.6 is 0 Å². The van der Waals surface area contributed by atoms with Crippen LogP contribution in [0.5, 0.6) is 0 Å². The predicted octanol–water partition coefficient (Wildman–Crippen LogP) is 3.22. The third kappa shape index (κ3) is 4.16. The summed E-state index contributed by atoms with van der Waals surface area (Å²) in [5.74, 6) is -1.28. The van der Waals surface area contributed by atoms with E-state index >= 15 is 0 Å². The molecule has 2 aromatic rings. The zero-order valence-electron chi connectivity index (χ0n) is 13.3. The number of hydrogen-bond donors (Lipinski definition) is 0. The second-order valence-electron chi connectivity index (χ2n) is 5.26. The summed E-state index contributed by atoms with van der Waals surface area (Å²) in [5.41, 5.74) is 2.89. The summed E-state index contributed by atoms with van der Waals surface area (Å²) in [6, 6.07) is 7.59. The van der Waals surface area contributed by atoms with Gasteiger partial charge in [-0.2, -0.15) is 0 Å². The van der Waals surface area contributed by atoms with Crippen molar-refractivity contribution in [2.75, 3.05) is 6.61 Å². The van der Waals surface area contributed by atoms with Crippen molar-refractivity contribution < 1.29 is 18.7 Å². The minimum Gasteiger partial charge on any atom is -0.454 e. The number of carbonyl (C=O) groups is 2. The monoisotopic (exact) mass is 315 g/mol. The van der Waals surface area contributed by atoms with Crippen molar-refractivity contribution in [2.45, 2.75) is 13.8 Å². The van der Waals surface area contributed by atoms with E-state index in [9.17, 15) is 14.0 Å². The van der Waals surface area contributed by atoms with Gasteiger partial charge in [-0.05, 0) is 43.7 Å². The van der Waals surface area contributed by atoms with Gasteiger partial charge in [-0.25, -0.2) is 9.18 Å². The van der Waals surface area contributed by atoms with Gasteiger partial charge in [0.1, 0.15) is 5.82 Å². The minimum atomic E-state index is -0.645. The van der Waals surface area contributed by atoms with E-state index < -0.39 is 5.97 Å². The molecule has 1 aromatic heterocycles. The summed E-state index contributed by atoms with van der Waals surface area (Å²) in [6.45, 7) is 3.42. The molecule has 0 unspecified atom stereocenters. The number of hydrogen-bond acceptors (Lipinski definition) is 3. The van der Waals surface area contributed by atoms with Gasteiger partial charge in [0.15, 0.2) is 6.61 Å². The lowest BCUT2D eigenvalue weighted by molar-refractivity contribution is -0.136. The first-order valence-electron chi connectivity index (χ1n) is 7.15. The highest BCUT2D eigenvalue weighted by atomic mass is 19.1. The Morgan fingerprint density at radius 2 is 2.00 bits per heavy atom. The van der Waals surface area contributed by atoms with Gasteiger partial charge in [-0.15, -0.1) is 0 Å². The van der Waals surface area contributed by atoms with Crippen molar-refractivity contribution in [2.24, 2.45) is 7.05 Å². The van der Waals surface area contributed by atoms with E-state index in [1.807, 2.05) is 25.5 Å². The first kappa shape index (κ1) is 16.7. The SMILES string of the molecule is Cc1cc(C(=O)COC(=O)C=Cc2cccc(F)c2)c(C)n1C. The van der Waals surface area contributed by atoms with Crippen LogP contribution in [0, 0.1) is 19.7 Å². The normalized spacial score (nSPS) is 11.0. The molecule has 0 fully saturated rings. The molecule has 0 aliphatic rings. The van der Waals surface area contributed by atoms with Crippen molar-refractivity contribution in [1.29, 1.82) is 0 Å².